The van der Waals surface area contributed by atoms with Crippen LogP contribution in [0.25, 0.3) is 11.1 Å². The van der Waals surface area contributed by atoms with E-state index >= 15 is 0 Å². The Morgan fingerprint density at radius 1 is 0.875 bits per heavy atom. The average Bonchev–Trinajstić information content (AvgIpc) is 2.29. The Morgan fingerprint density at radius 3 is 2.12 bits per heavy atom. The van der Waals surface area contributed by atoms with Crippen molar-refractivity contribution >= 4 is 0 Å². The van der Waals surface area contributed by atoms with Gasteiger partial charge in [-0.3, -0.25) is 0 Å². The van der Waals surface area contributed by atoms with Crippen LogP contribution < -0.4 is 0 Å². The molecule has 0 nitrogen and oxygen atoms in total. The molecule has 0 aliphatic rings. The SMILES string of the molecule is CC(C)(C)c1c[c]c(-c2[c]cccc2)cc1. The maximum atomic E-state index is 3.33. The van der Waals surface area contributed by atoms with E-state index in [9.17, 15) is 0 Å². The van der Waals surface area contributed by atoms with E-state index in [-0.39, 0.29) is 5.41 Å². The normalized spacial score (nSPS) is 11.4. The van der Waals surface area contributed by atoms with Crippen LogP contribution in [0.5, 0.6) is 0 Å². The standard InChI is InChI=1S/C16H16/c1-16(2,3)15-11-9-14(10-12-15)13-7-5-4-6-8-13/h4-7,9,11-12H,1-3H3. The first-order valence-electron chi connectivity index (χ1n) is 5.57. The summed E-state index contributed by atoms with van der Waals surface area (Å²) in [7, 11) is 0. The number of hydrogen-bond acceptors (Lipinski definition) is 0. The van der Waals surface area contributed by atoms with Crippen LogP contribution in [0.3, 0.4) is 0 Å². The van der Waals surface area contributed by atoms with Crippen molar-refractivity contribution in [3.63, 3.8) is 0 Å². The smallest absolute Gasteiger partial charge is 0.00959 e. The highest BCUT2D eigenvalue weighted by atomic mass is 14.2. The maximum Gasteiger partial charge on any atom is -0.00959 e. The molecule has 16 heavy (non-hydrogen) atoms. The maximum absolute atomic E-state index is 3.33. The van der Waals surface area contributed by atoms with Gasteiger partial charge >= 0.3 is 0 Å². The Hall–Kier alpha value is -1.56. The van der Waals surface area contributed by atoms with Crippen LogP contribution in [0.15, 0.2) is 42.5 Å². The zero-order valence-electron chi connectivity index (χ0n) is 10.0. The first-order valence-corrected chi connectivity index (χ1v) is 5.57. The Bertz CT molecular complexity index is 444. The molecule has 0 unspecified atom stereocenters. The van der Waals surface area contributed by atoms with Crippen LogP contribution in [0.2, 0.25) is 0 Å². The predicted molar refractivity (Wildman–Crippen MR) is 68.3 cm³/mol. The second-order valence-corrected chi connectivity index (χ2v) is 5.02. The van der Waals surface area contributed by atoms with Gasteiger partial charge in [-0.25, -0.2) is 0 Å². The Balaban J connectivity index is 2.34. The zero-order valence-corrected chi connectivity index (χ0v) is 10.0. The molecule has 0 aromatic heterocycles. The Labute approximate surface area is 97.9 Å². The van der Waals surface area contributed by atoms with Gasteiger partial charge in [0.05, 0.1) is 0 Å². The third-order valence-electron chi connectivity index (χ3n) is 2.68. The van der Waals surface area contributed by atoms with Gasteiger partial charge in [0.25, 0.3) is 0 Å². The molecule has 0 spiro atoms. The summed E-state index contributed by atoms with van der Waals surface area (Å²) in [5.41, 5.74) is 3.71. The molecule has 0 saturated carbocycles. The van der Waals surface area contributed by atoms with Gasteiger partial charge in [-0.2, -0.15) is 0 Å². The van der Waals surface area contributed by atoms with E-state index < -0.39 is 0 Å². The Morgan fingerprint density at radius 2 is 1.62 bits per heavy atom. The van der Waals surface area contributed by atoms with Crippen molar-refractivity contribution in [1.29, 1.82) is 0 Å². The highest BCUT2D eigenvalue weighted by Crippen LogP contribution is 2.25. The summed E-state index contributed by atoms with van der Waals surface area (Å²) in [5, 5.41) is 0. The van der Waals surface area contributed by atoms with Crippen molar-refractivity contribution in [3.05, 3.63) is 60.2 Å². The third kappa shape index (κ3) is 2.33. The molecule has 0 fully saturated rings. The van der Waals surface area contributed by atoms with E-state index in [1.165, 1.54) is 5.56 Å². The van der Waals surface area contributed by atoms with E-state index in [4.69, 9.17) is 0 Å². The van der Waals surface area contributed by atoms with Crippen molar-refractivity contribution in [1.82, 2.24) is 0 Å². The van der Waals surface area contributed by atoms with Gasteiger partial charge in [0, 0.05) is 0 Å². The van der Waals surface area contributed by atoms with Crippen LogP contribution >= 0.6 is 0 Å². The fourth-order valence-corrected chi connectivity index (χ4v) is 1.62. The molecule has 2 aromatic carbocycles. The van der Waals surface area contributed by atoms with Gasteiger partial charge in [-0.05, 0) is 40.3 Å². The predicted octanol–water partition coefficient (Wildman–Crippen LogP) is 4.25. The monoisotopic (exact) mass is 208 g/mol. The van der Waals surface area contributed by atoms with Crippen molar-refractivity contribution in [3.8, 4) is 11.1 Å². The lowest BCUT2D eigenvalue weighted by Crippen LogP contribution is -2.10. The summed E-state index contributed by atoms with van der Waals surface area (Å²) < 4.78 is 0. The summed E-state index contributed by atoms with van der Waals surface area (Å²) in [5.74, 6) is 0. The molecular weight excluding hydrogens is 192 g/mol. The third-order valence-corrected chi connectivity index (χ3v) is 2.68. The second kappa shape index (κ2) is 4.13. The molecular formula is C16H16. The molecule has 80 valence electrons. The quantitative estimate of drug-likeness (QED) is 0.657. The number of benzene rings is 2. The van der Waals surface area contributed by atoms with Crippen LogP contribution in [-0.4, -0.2) is 0 Å². The van der Waals surface area contributed by atoms with Gasteiger partial charge in [0.1, 0.15) is 0 Å². The molecule has 0 aliphatic carbocycles. The highest BCUT2D eigenvalue weighted by Gasteiger charge is 2.12. The molecule has 0 bridgehead atoms. The van der Waals surface area contributed by atoms with Crippen molar-refractivity contribution < 1.29 is 0 Å². The second-order valence-electron chi connectivity index (χ2n) is 5.02. The fraction of sp³-hybridized carbons (Fsp3) is 0.250. The molecule has 0 atom stereocenters. The van der Waals surface area contributed by atoms with Gasteiger partial charge in [-0.15, -0.1) is 0 Å². The van der Waals surface area contributed by atoms with Crippen molar-refractivity contribution in [2.24, 2.45) is 0 Å². The molecule has 2 aromatic rings. The van der Waals surface area contributed by atoms with Gasteiger partial charge in [-0.1, -0.05) is 57.2 Å². The first kappa shape index (κ1) is 10.9. The van der Waals surface area contributed by atoms with E-state index in [1.807, 2.05) is 18.2 Å². The minimum atomic E-state index is 0.190. The fourth-order valence-electron chi connectivity index (χ4n) is 1.62. The van der Waals surface area contributed by atoms with Crippen LogP contribution in [0.1, 0.15) is 26.3 Å². The molecule has 0 N–H and O–H groups in total. The number of hydrogen-bond donors (Lipinski definition) is 0. The van der Waals surface area contributed by atoms with Crippen LogP contribution in [0.4, 0.5) is 0 Å². The van der Waals surface area contributed by atoms with E-state index in [0.717, 1.165) is 11.1 Å². The lowest BCUT2D eigenvalue weighted by atomic mass is 9.86. The van der Waals surface area contributed by atoms with Crippen LogP contribution in [0, 0.1) is 12.1 Å². The summed E-state index contributed by atoms with van der Waals surface area (Å²) in [6.45, 7) is 6.64. The van der Waals surface area contributed by atoms with Gasteiger partial charge < -0.3 is 0 Å². The van der Waals surface area contributed by atoms with E-state index in [0.29, 0.717) is 0 Å². The molecule has 0 saturated heterocycles. The van der Waals surface area contributed by atoms with Gasteiger partial charge in [0.2, 0.25) is 0 Å². The minimum Gasteiger partial charge on any atom is -0.0616 e. The molecule has 2 radical (unpaired) electrons. The minimum absolute atomic E-state index is 0.190. The molecule has 2 rings (SSSR count). The largest absolute Gasteiger partial charge is 0.0616 e. The highest BCUT2D eigenvalue weighted by molar-refractivity contribution is 5.62. The van der Waals surface area contributed by atoms with Gasteiger partial charge in [0.15, 0.2) is 0 Å². The summed E-state index contributed by atoms with van der Waals surface area (Å²) in [4.78, 5) is 0. The number of rotatable bonds is 1. The zero-order chi connectivity index (χ0) is 11.6. The lowest BCUT2D eigenvalue weighted by molar-refractivity contribution is 0.590. The van der Waals surface area contributed by atoms with Crippen LogP contribution in [-0.2, 0) is 5.41 Å². The molecule has 0 heterocycles. The van der Waals surface area contributed by atoms with Crippen molar-refractivity contribution in [2.45, 2.75) is 26.2 Å². The van der Waals surface area contributed by atoms with E-state index in [2.05, 4.69) is 57.2 Å². The molecule has 0 heteroatoms. The van der Waals surface area contributed by atoms with Crippen molar-refractivity contribution in [2.75, 3.05) is 0 Å². The summed E-state index contributed by atoms with van der Waals surface area (Å²) in [6.07, 6.45) is 0. The first-order chi connectivity index (χ1) is 7.57. The molecule has 0 aliphatic heterocycles. The topological polar surface area (TPSA) is 0 Å². The summed E-state index contributed by atoms with van der Waals surface area (Å²) in [6, 6.07) is 20.9. The summed E-state index contributed by atoms with van der Waals surface area (Å²) >= 11 is 0. The lowest BCUT2D eigenvalue weighted by Gasteiger charge is -2.18. The Kier molecular flexibility index (Phi) is 2.82. The molecule has 0 amide bonds. The average molecular weight is 208 g/mol. The van der Waals surface area contributed by atoms with E-state index in [1.54, 1.807) is 0 Å².